The van der Waals surface area contributed by atoms with E-state index in [9.17, 15) is 14.4 Å². The predicted octanol–water partition coefficient (Wildman–Crippen LogP) is 4.95. The number of carbonyl (C=O) groups is 3. The van der Waals surface area contributed by atoms with E-state index in [0.717, 1.165) is 22.6 Å². The van der Waals surface area contributed by atoms with Crippen LogP contribution in [0.4, 0.5) is 17.1 Å². The lowest BCUT2D eigenvalue weighted by atomic mass is 10.1. The minimum atomic E-state index is -0.693. The Bertz CT molecular complexity index is 1370. The van der Waals surface area contributed by atoms with E-state index >= 15 is 0 Å². The van der Waals surface area contributed by atoms with Gasteiger partial charge in [-0.1, -0.05) is 36.7 Å². The second kappa shape index (κ2) is 10.5. The highest BCUT2D eigenvalue weighted by Gasteiger charge is 2.40. The lowest BCUT2D eigenvalue weighted by Crippen LogP contribution is -2.32. The molecule has 0 fully saturated rings. The van der Waals surface area contributed by atoms with Crippen LogP contribution in [0.3, 0.4) is 0 Å². The molecule has 0 saturated carbocycles. The Morgan fingerprint density at radius 3 is 2.33 bits per heavy atom. The largest absolute Gasteiger partial charge is 0.497 e. The third-order valence-electron chi connectivity index (χ3n) is 5.72. The van der Waals surface area contributed by atoms with Crippen LogP contribution in [-0.2, 0) is 16.0 Å². The second-order valence-electron chi connectivity index (χ2n) is 7.84. The number of hydrogen-bond donors (Lipinski definition) is 2. The van der Waals surface area contributed by atoms with Crippen LogP contribution in [0.1, 0.15) is 22.8 Å². The lowest BCUT2D eigenvalue weighted by molar-refractivity contribution is -0.120. The summed E-state index contributed by atoms with van der Waals surface area (Å²) in [5, 5.41) is 5.56. The third kappa shape index (κ3) is 4.76. The number of amides is 3. The molecule has 3 amide bonds. The number of halogens is 1. The van der Waals surface area contributed by atoms with Crippen LogP contribution in [-0.4, -0.2) is 31.9 Å². The first-order valence-electron chi connectivity index (χ1n) is 11.1. The highest BCUT2D eigenvalue weighted by molar-refractivity contribution is 6.53. The van der Waals surface area contributed by atoms with E-state index in [1.54, 1.807) is 36.4 Å². The quantitative estimate of drug-likeness (QED) is 0.420. The number of ether oxygens (including phenoxy) is 2. The van der Waals surface area contributed by atoms with Crippen LogP contribution in [0.15, 0.2) is 77.5 Å². The first kappa shape index (κ1) is 24.8. The van der Waals surface area contributed by atoms with Crippen molar-refractivity contribution < 1.29 is 23.9 Å². The van der Waals surface area contributed by atoms with E-state index < -0.39 is 11.8 Å². The maximum atomic E-state index is 13.2. The molecule has 2 N–H and O–H groups in total. The fourth-order valence-electron chi connectivity index (χ4n) is 3.80. The van der Waals surface area contributed by atoms with Crippen molar-refractivity contribution in [1.29, 1.82) is 0 Å². The summed E-state index contributed by atoms with van der Waals surface area (Å²) in [7, 11) is 2.91. The zero-order chi connectivity index (χ0) is 25.8. The van der Waals surface area contributed by atoms with Crippen LogP contribution in [0.5, 0.6) is 11.5 Å². The van der Waals surface area contributed by atoms with Crippen molar-refractivity contribution in [2.45, 2.75) is 13.3 Å². The van der Waals surface area contributed by atoms with Gasteiger partial charge in [-0.2, -0.15) is 0 Å². The summed E-state index contributed by atoms with van der Waals surface area (Å²) in [5.41, 5.74) is 2.83. The fraction of sp³-hybridized carbons (Fsp3) is 0.148. The highest BCUT2D eigenvalue weighted by atomic mass is 35.5. The minimum absolute atomic E-state index is 0.0828. The molecule has 0 saturated heterocycles. The number of benzene rings is 3. The molecule has 1 aliphatic rings. The lowest BCUT2D eigenvalue weighted by Gasteiger charge is -2.19. The zero-order valence-electron chi connectivity index (χ0n) is 19.9. The molecule has 8 nitrogen and oxygen atoms in total. The molecule has 1 heterocycles. The van der Waals surface area contributed by atoms with E-state index in [0.29, 0.717) is 22.7 Å². The van der Waals surface area contributed by atoms with Crippen molar-refractivity contribution >= 4 is 46.4 Å². The molecule has 4 rings (SSSR count). The maximum absolute atomic E-state index is 13.2. The predicted molar refractivity (Wildman–Crippen MR) is 139 cm³/mol. The maximum Gasteiger partial charge on any atom is 0.283 e. The van der Waals surface area contributed by atoms with E-state index in [1.807, 2.05) is 31.2 Å². The van der Waals surface area contributed by atoms with Gasteiger partial charge in [0.05, 0.1) is 19.9 Å². The number of anilines is 3. The van der Waals surface area contributed by atoms with Gasteiger partial charge >= 0.3 is 0 Å². The second-order valence-corrected chi connectivity index (χ2v) is 8.22. The summed E-state index contributed by atoms with van der Waals surface area (Å²) in [4.78, 5) is 39.7. The number of rotatable bonds is 8. The normalized spacial score (nSPS) is 13.2. The first-order chi connectivity index (χ1) is 17.4. The summed E-state index contributed by atoms with van der Waals surface area (Å²) in [5.74, 6) is -0.846. The number of aryl methyl sites for hydroxylation is 1. The molecular formula is C27H24ClN3O5. The number of hydrogen-bond acceptors (Lipinski definition) is 6. The van der Waals surface area contributed by atoms with Crippen LogP contribution in [0, 0.1) is 0 Å². The number of carbonyl (C=O) groups excluding carboxylic acids is 3. The van der Waals surface area contributed by atoms with Crippen LogP contribution in [0.2, 0.25) is 0 Å². The van der Waals surface area contributed by atoms with E-state index in [-0.39, 0.29) is 22.3 Å². The topological polar surface area (TPSA) is 97.0 Å². The first-order valence-corrected chi connectivity index (χ1v) is 11.5. The molecule has 3 aromatic carbocycles. The van der Waals surface area contributed by atoms with Crippen molar-refractivity contribution in [1.82, 2.24) is 0 Å². The molecule has 0 radical (unpaired) electrons. The Morgan fingerprint density at radius 1 is 0.944 bits per heavy atom. The molecule has 9 heteroatoms. The Hall–Kier alpha value is -4.30. The average Bonchev–Trinajstić information content (AvgIpc) is 3.11. The van der Waals surface area contributed by atoms with Gasteiger partial charge in [-0.05, 0) is 54.4 Å². The minimum Gasteiger partial charge on any atom is -0.497 e. The molecule has 0 atom stereocenters. The molecule has 36 heavy (non-hydrogen) atoms. The van der Waals surface area contributed by atoms with Gasteiger partial charge in [0.15, 0.2) is 0 Å². The van der Waals surface area contributed by atoms with Crippen molar-refractivity contribution in [2.24, 2.45) is 0 Å². The molecule has 0 unspecified atom stereocenters. The van der Waals surface area contributed by atoms with Crippen molar-refractivity contribution in [3.05, 3.63) is 88.6 Å². The van der Waals surface area contributed by atoms with Crippen LogP contribution >= 0.6 is 11.6 Å². The zero-order valence-corrected chi connectivity index (χ0v) is 20.7. The number of imide groups is 1. The molecular weight excluding hydrogens is 482 g/mol. The summed E-state index contributed by atoms with van der Waals surface area (Å²) in [6.07, 6.45) is 0.792. The van der Waals surface area contributed by atoms with E-state index in [1.165, 1.54) is 20.3 Å². The van der Waals surface area contributed by atoms with Crippen molar-refractivity contribution in [3.63, 3.8) is 0 Å². The number of nitrogens with one attached hydrogen (secondary N) is 2. The number of para-hydroxylation sites is 1. The third-order valence-corrected chi connectivity index (χ3v) is 6.07. The summed E-state index contributed by atoms with van der Waals surface area (Å²) in [6.45, 7) is 2.02. The highest BCUT2D eigenvalue weighted by Crippen LogP contribution is 2.38. The summed E-state index contributed by atoms with van der Waals surface area (Å²) >= 11 is 6.26. The smallest absolute Gasteiger partial charge is 0.283 e. The van der Waals surface area contributed by atoms with Crippen LogP contribution in [0.25, 0.3) is 0 Å². The van der Waals surface area contributed by atoms with Gasteiger partial charge in [-0.3, -0.25) is 14.4 Å². The van der Waals surface area contributed by atoms with Crippen molar-refractivity contribution in [3.8, 4) is 11.5 Å². The molecule has 184 valence electrons. The van der Waals surface area contributed by atoms with Gasteiger partial charge < -0.3 is 20.1 Å². The SMILES string of the molecule is CCc1ccccc1NC(=O)c1ccc(NC2=C(Cl)C(=O)N(c3cc(OC)ccc3OC)C2=O)cc1. The van der Waals surface area contributed by atoms with Crippen molar-refractivity contribution in [2.75, 3.05) is 29.8 Å². The monoisotopic (exact) mass is 505 g/mol. The van der Waals surface area contributed by atoms with Crippen LogP contribution < -0.4 is 25.0 Å². The fourth-order valence-corrected chi connectivity index (χ4v) is 4.01. The summed E-state index contributed by atoms with van der Waals surface area (Å²) in [6, 6.07) is 18.9. The Balaban J connectivity index is 1.52. The Labute approximate surface area is 213 Å². The van der Waals surface area contributed by atoms with Gasteiger partial charge in [0, 0.05) is 23.0 Å². The van der Waals surface area contributed by atoms with E-state index in [4.69, 9.17) is 21.1 Å². The Morgan fingerprint density at radius 2 is 1.67 bits per heavy atom. The van der Waals surface area contributed by atoms with Gasteiger partial charge in [0.1, 0.15) is 22.2 Å². The summed E-state index contributed by atoms with van der Waals surface area (Å²) < 4.78 is 10.5. The van der Waals surface area contributed by atoms with Gasteiger partial charge in [-0.25, -0.2) is 4.90 Å². The average molecular weight is 506 g/mol. The molecule has 3 aromatic rings. The molecule has 0 bridgehead atoms. The van der Waals surface area contributed by atoms with Gasteiger partial charge in [0.25, 0.3) is 17.7 Å². The molecule has 1 aliphatic heterocycles. The van der Waals surface area contributed by atoms with E-state index in [2.05, 4.69) is 10.6 Å². The Kier molecular flexibility index (Phi) is 7.26. The number of nitrogens with zero attached hydrogens (tertiary/aromatic N) is 1. The van der Waals surface area contributed by atoms with Gasteiger partial charge in [-0.15, -0.1) is 0 Å². The molecule has 0 spiro atoms. The standard InChI is InChI=1S/C27H24ClN3O5/c1-4-16-7-5-6-8-20(16)30-25(32)17-9-11-18(12-10-17)29-24-23(28)26(33)31(27(24)34)21-15-19(35-2)13-14-22(21)36-3/h5-15,29H,4H2,1-3H3,(H,30,32). The molecule has 0 aliphatic carbocycles. The number of methoxy groups -OCH3 is 2. The molecule has 0 aromatic heterocycles. The van der Waals surface area contributed by atoms with Gasteiger partial charge in [0.2, 0.25) is 0 Å².